The molecule has 4 rings (SSSR count). The van der Waals surface area contributed by atoms with Crippen LogP contribution < -0.4 is 14.2 Å². The fourth-order valence-corrected chi connectivity index (χ4v) is 4.89. The number of nitrogens with zero attached hydrogens (tertiary/aromatic N) is 2. The molecule has 1 unspecified atom stereocenters. The van der Waals surface area contributed by atoms with Gasteiger partial charge in [0.25, 0.3) is 11.7 Å². The first-order valence-electron chi connectivity index (χ1n) is 13.6. The van der Waals surface area contributed by atoms with E-state index in [1.807, 2.05) is 13.0 Å². The summed E-state index contributed by atoms with van der Waals surface area (Å²) in [6.07, 6.45) is 1.91. The van der Waals surface area contributed by atoms with Crippen LogP contribution in [0.25, 0.3) is 5.76 Å². The van der Waals surface area contributed by atoms with Crippen molar-refractivity contribution < 1.29 is 33.6 Å². The summed E-state index contributed by atoms with van der Waals surface area (Å²) >= 11 is 0. The van der Waals surface area contributed by atoms with Crippen LogP contribution in [0.15, 0.2) is 48.0 Å². The minimum absolute atomic E-state index is 0.0392. The monoisotopic (exact) mass is 538 g/mol. The number of carbonyl (C=O) groups excluding carboxylic acids is 2. The van der Waals surface area contributed by atoms with Crippen molar-refractivity contribution in [2.75, 3.05) is 59.7 Å². The van der Waals surface area contributed by atoms with Crippen molar-refractivity contribution in [2.45, 2.75) is 32.7 Å². The first-order chi connectivity index (χ1) is 19.0. The lowest BCUT2D eigenvalue weighted by Gasteiger charge is -2.31. The van der Waals surface area contributed by atoms with Gasteiger partial charge in [-0.2, -0.15) is 0 Å². The van der Waals surface area contributed by atoms with E-state index in [0.29, 0.717) is 67.9 Å². The van der Waals surface area contributed by atoms with Crippen LogP contribution >= 0.6 is 0 Å². The molecule has 2 aliphatic rings. The Hall–Kier alpha value is -3.56. The van der Waals surface area contributed by atoms with Gasteiger partial charge in [0, 0.05) is 31.7 Å². The first-order valence-corrected chi connectivity index (χ1v) is 13.6. The number of unbranched alkanes of at least 4 members (excludes halogenated alkanes) is 1. The Morgan fingerprint density at radius 3 is 2.54 bits per heavy atom. The maximum Gasteiger partial charge on any atom is 0.295 e. The standard InChI is InChI=1S/C30H38N2O7/c1-4-6-16-39-24-11-10-21(20-25(24)36-3)27-26(28(33)22-8-7-9-23(19-22)38-5-2)29(34)30(35)32(27)13-12-31-14-17-37-18-15-31/h7-11,19-20,27,33H,4-6,12-18H2,1-3H3. The summed E-state index contributed by atoms with van der Waals surface area (Å²) in [5, 5.41) is 11.4. The number of aliphatic hydroxyl groups is 1. The number of ketones is 1. The van der Waals surface area contributed by atoms with Crippen molar-refractivity contribution in [1.29, 1.82) is 0 Å². The summed E-state index contributed by atoms with van der Waals surface area (Å²) in [4.78, 5) is 30.6. The zero-order valence-electron chi connectivity index (χ0n) is 23.0. The molecule has 0 aliphatic carbocycles. The van der Waals surface area contributed by atoms with Gasteiger partial charge in [0.05, 0.1) is 45.2 Å². The predicted octanol–water partition coefficient (Wildman–Crippen LogP) is 4.03. The molecule has 2 aromatic carbocycles. The van der Waals surface area contributed by atoms with Gasteiger partial charge in [-0.05, 0) is 43.2 Å². The number of Topliss-reactive ketones (excluding diaryl/α,β-unsaturated/α-hetero) is 1. The van der Waals surface area contributed by atoms with Gasteiger partial charge in [0.1, 0.15) is 11.5 Å². The van der Waals surface area contributed by atoms with E-state index < -0.39 is 17.7 Å². The highest BCUT2D eigenvalue weighted by molar-refractivity contribution is 6.46. The molecule has 0 saturated carbocycles. The molecule has 9 nitrogen and oxygen atoms in total. The Bertz CT molecular complexity index is 1190. The topological polar surface area (TPSA) is 97.8 Å². The molecule has 1 N–H and O–H groups in total. The molecule has 0 spiro atoms. The molecule has 2 aliphatic heterocycles. The third-order valence-electron chi connectivity index (χ3n) is 6.98. The molecule has 210 valence electrons. The molecule has 2 heterocycles. The minimum Gasteiger partial charge on any atom is -0.507 e. The van der Waals surface area contributed by atoms with Crippen LogP contribution in [0.3, 0.4) is 0 Å². The predicted molar refractivity (Wildman–Crippen MR) is 147 cm³/mol. The highest BCUT2D eigenvalue weighted by atomic mass is 16.5. The number of aliphatic hydroxyl groups excluding tert-OH is 1. The molecule has 1 atom stereocenters. The van der Waals surface area contributed by atoms with Gasteiger partial charge < -0.3 is 29.0 Å². The maximum absolute atomic E-state index is 13.4. The van der Waals surface area contributed by atoms with Crippen LogP contribution in [0, 0.1) is 0 Å². The van der Waals surface area contributed by atoms with E-state index in [1.54, 1.807) is 48.4 Å². The van der Waals surface area contributed by atoms with E-state index in [-0.39, 0.29) is 11.3 Å². The number of rotatable bonds is 12. The van der Waals surface area contributed by atoms with Crippen molar-refractivity contribution in [3.05, 3.63) is 59.2 Å². The van der Waals surface area contributed by atoms with Crippen LogP contribution in [0.5, 0.6) is 17.2 Å². The molecule has 0 bridgehead atoms. The van der Waals surface area contributed by atoms with E-state index in [1.165, 1.54) is 0 Å². The summed E-state index contributed by atoms with van der Waals surface area (Å²) in [5.41, 5.74) is 1.10. The van der Waals surface area contributed by atoms with Crippen LogP contribution in [0.2, 0.25) is 0 Å². The summed E-state index contributed by atoms with van der Waals surface area (Å²) in [5.74, 6) is 0.0533. The summed E-state index contributed by atoms with van der Waals surface area (Å²) in [6, 6.07) is 11.5. The number of benzene rings is 2. The molecule has 39 heavy (non-hydrogen) atoms. The fraction of sp³-hybridized carbons (Fsp3) is 0.467. The van der Waals surface area contributed by atoms with Gasteiger partial charge in [0.2, 0.25) is 0 Å². The number of carbonyl (C=O) groups is 2. The van der Waals surface area contributed by atoms with Gasteiger partial charge in [-0.3, -0.25) is 14.5 Å². The zero-order chi connectivity index (χ0) is 27.8. The third kappa shape index (κ3) is 6.54. The molecule has 0 radical (unpaired) electrons. The van der Waals surface area contributed by atoms with Crippen molar-refractivity contribution in [3.8, 4) is 17.2 Å². The van der Waals surface area contributed by atoms with Crippen molar-refractivity contribution in [3.63, 3.8) is 0 Å². The smallest absolute Gasteiger partial charge is 0.295 e. The SMILES string of the molecule is CCCCOc1ccc(C2C(=C(O)c3cccc(OCC)c3)C(=O)C(=O)N2CCN2CCOCC2)cc1OC. The molecule has 0 aromatic heterocycles. The highest BCUT2D eigenvalue weighted by Gasteiger charge is 2.46. The molecular formula is C30H38N2O7. The normalized spacial score (nSPS) is 19.4. The number of morpholine rings is 1. The van der Waals surface area contributed by atoms with Gasteiger partial charge in [0.15, 0.2) is 11.5 Å². The van der Waals surface area contributed by atoms with Gasteiger partial charge in [-0.25, -0.2) is 0 Å². The summed E-state index contributed by atoms with van der Waals surface area (Å²) < 4.78 is 22.5. The largest absolute Gasteiger partial charge is 0.507 e. The highest BCUT2D eigenvalue weighted by Crippen LogP contribution is 2.42. The van der Waals surface area contributed by atoms with E-state index in [4.69, 9.17) is 18.9 Å². The number of hydrogen-bond donors (Lipinski definition) is 1. The lowest BCUT2D eigenvalue weighted by molar-refractivity contribution is -0.140. The van der Waals surface area contributed by atoms with E-state index >= 15 is 0 Å². The van der Waals surface area contributed by atoms with Gasteiger partial charge in [-0.1, -0.05) is 31.5 Å². The Balaban J connectivity index is 1.75. The molecule has 9 heteroatoms. The second kappa shape index (κ2) is 13.5. The molecule has 1 amide bonds. The van der Waals surface area contributed by atoms with E-state index in [2.05, 4.69) is 11.8 Å². The van der Waals surface area contributed by atoms with E-state index in [9.17, 15) is 14.7 Å². The molecule has 2 aromatic rings. The second-order valence-corrected chi connectivity index (χ2v) is 9.52. The second-order valence-electron chi connectivity index (χ2n) is 9.52. The molecular weight excluding hydrogens is 500 g/mol. The van der Waals surface area contributed by atoms with Crippen molar-refractivity contribution >= 4 is 17.4 Å². The van der Waals surface area contributed by atoms with Gasteiger partial charge in [-0.15, -0.1) is 0 Å². The van der Waals surface area contributed by atoms with Crippen LogP contribution in [-0.4, -0.2) is 86.3 Å². The number of methoxy groups -OCH3 is 1. The lowest BCUT2D eigenvalue weighted by Crippen LogP contribution is -2.42. The average molecular weight is 539 g/mol. The average Bonchev–Trinajstić information content (AvgIpc) is 3.21. The van der Waals surface area contributed by atoms with Crippen LogP contribution in [0.4, 0.5) is 0 Å². The Morgan fingerprint density at radius 1 is 1.03 bits per heavy atom. The number of ether oxygens (including phenoxy) is 4. The Morgan fingerprint density at radius 2 is 1.82 bits per heavy atom. The third-order valence-corrected chi connectivity index (χ3v) is 6.98. The Labute approximate surface area is 229 Å². The summed E-state index contributed by atoms with van der Waals surface area (Å²) in [7, 11) is 1.56. The lowest BCUT2D eigenvalue weighted by atomic mass is 9.95. The van der Waals surface area contributed by atoms with Crippen LogP contribution in [-0.2, 0) is 14.3 Å². The van der Waals surface area contributed by atoms with Crippen LogP contribution in [0.1, 0.15) is 43.9 Å². The summed E-state index contributed by atoms with van der Waals surface area (Å²) in [6.45, 7) is 8.67. The molecule has 2 saturated heterocycles. The first kappa shape index (κ1) is 28.4. The Kier molecular flexibility index (Phi) is 9.84. The quantitative estimate of drug-likeness (QED) is 0.187. The maximum atomic E-state index is 13.4. The molecule has 2 fully saturated rings. The minimum atomic E-state index is -0.791. The fourth-order valence-electron chi connectivity index (χ4n) is 4.89. The number of likely N-dealkylation sites (tertiary alicyclic amines) is 1. The zero-order valence-corrected chi connectivity index (χ0v) is 23.0. The van der Waals surface area contributed by atoms with Crippen molar-refractivity contribution in [2.24, 2.45) is 0 Å². The van der Waals surface area contributed by atoms with Gasteiger partial charge >= 0.3 is 0 Å². The number of hydrogen-bond acceptors (Lipinski definition) is 8. The van der Waals surface area contributed by atoms with E-state index in [0.717, 1.165) is 25.9 Å². The van der Waals surface area contributed by atoms with Crippen molar-refractivity contribution in [1.82, 2.24) is 9.80 Å². The number of amides is 1.